The molecule has 2 heterocycles. The molecule has 0 unspecified atom stereocenters. The highest BCUT2D eigenvalue weighted by Gasteiger charge is 2.16. The third-order valence-corrected chi connectivity index (χ3v) is 5.20. The van der Waals surface area contributed by atoms with Gasteiger partial charge in [-0.2, -0.15) is 10.4 Å². The summed E-state index contributed by atoms with van der Waals surface area (Å²) in [6.07, 6.45) is 0. The van der Waals surface area contributed by atoms with E-state index in [0.29, 0.717) is 16.7 Å². The fourth-order valence-electron chi connectivity index (χ4n) is 2.75. The molecule has 0 bridgehead atoms. The minimum Gasteiger partial charge on any atom is -0.454 e. The molecule has 6 nitrogen and oxygen atoms in total. The van der Waals surface area contributed by atoms with Gasteiger partial charge in [0.25, 0.3) is 0 Å². The summed E-state index contributed by atoms with van der Waals surface area (Å²) in [5.74, 6) is 1.90. The highest BCUT2D eigenvalue weighted by Crippen LogP contribution is 2.36. The molecule has 1 aliphatic heterocycles. The Labute approximate surface area is 167 Å². The van der Waals surface area contributed by atoms with E-state index in [1.807, 2.05) is 35.7 Å². The Morgan fingerprint density at radius 2 is 1.96 bits per heavy atom. The van der Waals surface area contributed by atoms with Crippen LogP contribution < -0.4 is 14.9 Å². The average Bonchev–Trinajstić information content (AvgIpc) is 3.38. The summed E-state index contributed by atoms with van der Waals surface area (Å²) in [4.78, 5) is 4.56. The Bertz CT molecular complexity index is 1060. The second-order valence-corrected chi connectivity index (χ2v) is 7.42. The lowest BCUT2D eigenvalue weighted by molar-refractivity contribution is 0.174. The van der Waals surface area contributed by atoms with Gasteiger partial charge in [-0.05, 0) is 41.8 Å². The van der Waals surface area contributed by atoms with Gasteiger partial charge in [-0.3, -0.25) is 5.43 Å². The largest absolute Gasteiger partial charge is 0.454 e. The van der Waals surface area contributed by atoms with Crippen molar-refractivity contribution in [2.45, 2.75) is 19.8 Å². The van der Waals surface area contributed by atoms with Gasteiger partial charge in [0.15, 0.2) is 22.2 Å². The number of fused-ring (bicyclic) bond motifs is 1. The van der Waals surface area contributed by atoms with Crippen molar-refractivity contribution < 1.29 is 9.47 Å². The van der Waals surface area contributed by atoms with Crippen LogP contribution in [0, 0.1) is 11.3 Å². The van der Waals surface area contributed by atoms with Gasteiger partial charge < -0.3 is 9.47 Å². The maximum Gasteiger partial charge on any atom is 0.231 e. The van der Waals surface area contributed by atoms with E-state index in [-0.39, 0.29) is 12.5 Å². The van der Waals surface area contributed by atoms with Gasteiger partial charge in [-0.15, -0.1) is 11.3 Å². The molecule has 0 radical (unpaired) electrons. The number of hydrazone groups is 1. The fraction of sp³-hybridized carbons (Fsp3) is 0.190. The summed E-state index contributed by atoms with van der Waals surface area (Å²) in [5, 5.41) is 16.2. The van der Waals surface area contributed by atoms with Crippen LogP contribution in [0.2, 0.25) is 0 Å². The molecule has 0 atom stereocenters. The molecular formula is C21H18N4O2S. The fourth-order valence-corrected chi connectivity index (χ4v) is 3.52. The zero-order valence-electron chi connectivity index (χ0n) is 15.5. The predicted octanol–water partition coefficient (Wildman–Crippen LogP) is 5.00. The second-order valence-electron chi connectivity index (χ2n) is 6.57. The van der Waals surface area contributed by atoms with Crippen LogP contribution in [-0.2, 0) is 0 Å². The summed E-state index contributed by atoms with van der Waals surface area (Å²) < 4.78 is 10.7. The summed E-state index contributed by atoms with van der Waals surface area (Å²) >= 11 is 1.38. The molecule has 0 saturated carbocycles. The highest BCUT2D eigenvalue weighted by atomic mass is 32.1. The van der Waals surface area contributed by atoms with Crippen LogP contribution in [0.1, 0.15) is 30.3 Å². The first-order chi connectivity index (χ1) is 13.6. The van der Waals surface area contributed by atoms with Gasteiger partial charge in [-0.25, -0.2) is 4.98 Å². The number of rotatable bonds is 5. The molecule has 0 amide bonds. The Morgan fingerprint density at radius 3 is 2.71 bits per heavy atom. The monoisotopic (exact) mass is 390 g/mol. The summed E-state index contributed by atoms with van der Waals surface area (Å²) in [6.45, 7) is 4.53. The first-order valence-corrected chi connectivity index (χ1v) is 9.71. The van der Waals surface area contributed by atoms with Crippen molar-refractivity contribution >= 4 is 22.7 Å². The molecule has 1 aliphatic rings. The van der Waals surface area contributed by atoms with Gasteiger partial charge in [0.05, 0.1) is 11.4 Å². The van der Waals surface area contributed by atoms with Crippen molar-refractivity contribution in [2.75, 3.05) is 12.2 Å². The lowest BCUT2D eigenvalue weighted by atomic mass is 10.0. The number of anilines is 1. The molecule has 140 valence electrons. The van der Waals surface area contributed by atoms with E-state index in [4.69, 9.17) is 9.47 Å². The SMILES string of the molecule is CC(C)c1ccc(N/N=C(/C#N)c2nc(-c3ccc4c(c3)OCO4)cs2)cc1. The van der Waals surface area contributed by atoms with Gasteiger partial charge >= 0.3 is 0 Å². The Morgan fingerprint density at radius 1 is 1.18 bits per heavy atom. The van der Waals surface area contributed by atoms with E-state index in [9.17, 15) is 5.26 Å². The van der Waals surface area contributed by atoms with Crippen LogP contribution in [0.5, 0.6) is 11.5 Å². The minimum absolute atomic E-state index is 0.232. The molecule has 0 spiro atoms. The average molecular weight is 390 g/mol. The molecule has 3 aromatic rings. The summed E-state index contributed by atoms with van der Waals surface area (Å²) in [7, 11) is 0. The molecule has 4 rings (SSSR count). The van der Waals surface area contributed by atoms with Crippen molar-refractivity contribution in [1.29, 1.82) is 5.26 Å². The van der Waals surface area contributed by atoms with E-state index in [0.717, 1.165) is 22.7 Å². The maximum atomic E-state index is 9.49. The smallest absolute Gasteiger partial charge is 0.231 e. The maximum absolute atomic E-state index is 9.49. The van der Waals surface area contributed by atoms with Crippen molar-refractivity contribution in [3.63, 3.8) is 0 Å². The Balaban J connectivity index is 1.52. The standard InChI is InChI=1S/C21H18N4O2S/c1-13(2)14-3-6-16(7-4-14)24-25-17(10-22)21-23-18(11-28-21)15-5-8-19-20(9-15)27-12-26-19/h3-9,11,13,24H,12H2,1-2H3/b25-17-. The number of nitrogens with one attached hydrogen (secondary N) is 1. The normalized spacial score (nSPS) is 12.9. The number of benzene rings is 2. The molecule has 0 saturated heterocycles. The third kappa shape index (κ3) is 3.68. The van der Waals surface area contributed by atoms with E-state index in [2.05, 4.69) is 47.6 Å². The second kappa shape index (κ2) is 7.71. The first-order valence-electron chi connectivity index (χ1n) is 8.83. The van der Waals surface area contributed by atoms with Crippen molar-refractivity contribution in [1.82, 2.24) is 4.98 Å². The van der Waals surface area contributed by atoms with Crippen LogP contribution >= 0.6 is 11.3 Å². The zero-order valence-corrected chi connectivity index (χ0v) is 16.3. The van der Waals surface area contributed by atoms with Crippen LogP contribution in [-0.4, -0.2) is 17.5 Å². The molecule has 7 heteroatoms. The molecule has 0 aliphatic carbocycles. The molecule has 1 N–H and O–H groups in total. The van der Waals surface area contributed by atoms with Crippen molar-refractivity contribution in [3.05, 3.63) is 58.4 Å². The molecule has 2 aromatic carbocycles. The Hall–Kier alpha value is -3.37. The van der Waals surface area contributed by atoms with Gasteiger partial charge in [0.2, 0.25) is 6.79 Å². The summed E-state index contributed by atoms with van der Waals surface area (Å²) in [6, 6.07) is 15.8. The number of hydrogen-bond donors (Lipinski definition) is 1. The number of thiazole rings is 1. The molecule has 0 fully saturated rings. The Kier molecular flexibility index (Phi) is 4.96. The predicted molar refractivity (Wildman–Crippen MR) is 110 cm³/mol. The van der Waals surface area contributed by atoms with Crippen LogP contribution in [0.4, 0.5) is 5.69 Å². The number of aromatic nitrogens is 1. The molecule has 1 aromatic heterocycles. The van der Waals surface area contributed by atoms with Crippen molar-refractivity contribution in [3.8, 4) is 28.8 Å². The summed E-state index contributed by atoms with van der Waals surface area (Å²) in [5.41, 5.74) is 6.93. The lowest BCUT2D eigenvalue weighted by Crippen LogP contribution is -2.01. The number of hydrogen-bond acceptors (Lipinski definition) is 7. The van der Waals surface area contributed by atoms with Gasteiger partial charge in [-0.1, -0.05) is 26.0 Å². The van der Waals surface area contributed by atoms with E-state index >= 15 is 0 Å². The zero-order chi connectivity index (χ0) is 19.5. The lowest BCUT2D eigenvalue weighted by Gasteiger charge is -2.06. The van der Waals surface area contributed by atoms with E-state index in [1.54, 1.807) is 0 Å². The molecule has 28 heavy (non-hydrogen) atoms. The number of nitrogens with zero attached hydrogens (tertiary/aromatic N) is 3. The molecular weight excluding hydrogens is 372 g/mol. The topological polar surface area (TPSA) is 79.5 Å². The third-order valence-electron chi connectivity index (χ3n) is 4.36. The quantitative estimate of drug-likeness (QED) is 0.490. The van der Waals surface area contributed by atoms with Crippen LogP contribution in [0.15, 0.2) is 52.9 Å². The van der Waals surface area contributed by atoms with Crippen molar-refractivity contribution in [2.24, 2.45) is 5.10 Å². The number of ether oxygens (including phenoxy) is 2. The van der Waals surface area contributed by atoms with Crippen LogP contribution in [0.25, 0.3) is 11.3 Å². The first kappa shape index (κ1) is 18.0. The highest BCUT2D eigenvalue weighted by molar-refractivity contribution is 7.12. The van der Waals surface area contributed by atoms with E-state index < -0.39 is 0 Å². The van der Waals surface area contributed by atoms with Gasteiger partial charge in [0, 0.05) is 10.9 Å². The minimum atomic E-state index is 0.232. The van der Waals surface area contributed by atoms with Gasteiger partial charge in [0.1, 0.15) is 6.07 Å². The number of nitriles is 1. The van der Waals surface area contributed by atoms with Crippen LogP contribution in [0.3, 0.4) is 0 Å². The van der Waals surface area contributed by atoms with E-state index in [1.165, 1.54) is 16.9 Å².